The second-order valence-electron chi connectivity index (χ2n) is 12.3. The Hall–Kier alpha value is -3.43. The number of nitrogens with zero attached hydrogens (tertiary/aromatic N) is 3. The number of hydrogen-bond acceptors (Lipinski definition) is 6. The number of fused-ring (bicyclic) bond motifs is 1. The van der Waals surface area contributed by atoms with E-state index in [4.69, 9.17) is 21.7 Å². The van der Waals surface area contributed by atoms with E-state index >= 15 is 0 Å². The molecule has 4 rings (SSSR count). The van der Waals surface area contributed by atoms with Crippen LogP contribution in [0.4, 0.5) is 4.79 Å². The molecule has 0 spiro atoms. The van der Waals surface area contributed by atoms with Crippen LogP contribution in [-0.4, -0.2) is 75.2 Å². The van der Waals surface area contributed by atoms with Crippen molar-refractivity contribution in [1.82, 2.24) is 19.7 Å². The molecule has 0 saturated carbocycles. The molecule has 8 nitrogen and oxygen atoms in total. The third kappa shape index (κ3) is 7.57. The van der Waals surface area contributed by atoms with Crippen LogP contribution < -0.4 is 10.3 Å². The molecule has 1 amide bonds. The van der Waals surface area contributed by atoms with Crippen molar-refractivity contribution in [3.8, 4) is 5.75 Å². The number of thiocarbonyl (C=S) groups is 1. The van der Waals surface area contributed by atoms with Gasteiger partial charge in [-0.2, -0.15) is 0 Å². The molecule has 0 bridgehead atoms. The minimum atomic E-state index is -0.570. The summed E-state index contributed by atoms with van der Waals surface area (Å²) in [7, 11) is 0. The summed E-state index contributed by atoms with van der Waals surface area (Å²) in [5, 5.41) is 1.00. The van der Waals surface area contributed by atoms with Gasteiger partial charge in [-0.25, -0.2) is 4.79 Å². The number of aromatic nitrogens is 1. The summed E-state index contributed by atoms with van der Waals surface area (Å²) in [5.41, 5.74) is 5.25. The lowest BCUT2D eigenvalue weighted by molar-refractivity contribution is -0.00536. The zero-order valence-electron chi connectivity index (χ0n) is 26.9. The topological polar surface area (TPSA) is 78.1 Å². The summed E-state index contributed by atoms with van der Waals surface area (Å²) >= 11 is 6.01. The Labute approximate surface area is 261 Å². The second-order valence-corrected chi connectivity index (χ2v) is 12.7. The highest BCUT2D eigenvalue weighted by molar-refractivity contribution is 7.80. The number of carbonyl (C=O) groups excluding carboxylic acids is 1. The highest BCUT2D eigenvalue weighted by Crippen LogP contribution is 2.27. The normalized spacial score (nSPS) is 13.7. The fourth-order valence-electron chi connectivity index (χ4n) is 5.52. The van der Waals surface area contributed by atoms with Gasteiger partial charge in [0.2, 0.25) is 0 Å². The summed E-state index contributed by atoms with van der Waals surface area (Å²) in [4.78, 5) is 36.2. The molecule has 0 aliphatic carbocycles. The Kier molecular flexibility index (Phi) is 10.2. The van der Waals surface area contributed by atoms with Gasteiger partial charge in [-0.3, -0.25) is 9.69 Å². The van der Waals surface area contributed by atoms with Crippen LogP contribution in [0.15, 0.2) is 41.2 Å². The number of aryl methyl sites for hydroxylation is 2. The molecule has 1 aliphatic rings. The van der Waals surface area contributed by atoms with Gasteiger partial charge in [-0.05, 0) is 113 Å². The summed E-state index contributed by atoms with van der Waals surface area (Å²) in [6.07, 6.45) is -0.342. The van der Waals surface area contributed by atoms with Crippen LogP contribution >= 0.6 is 12.2 Å². The molecule has 232 valence electrons. The quantitative estimate of drug-likeness (QED) is 0.276. The van der Waals surface area contributed by atoms with Gasteiger partial charge in [-0.15, -0.1) is 0 Å². The predicted molar refractivity (Wildman–Crippen MR) is 177 cm³/mol. The smallest absolute Gasteiger partial charge is 0.410 e. The minimum Gasteiger partial charge on any atom is -0.494 e. The van der Waals surface area contributed by atoms with Gasteiger partial charge < -0.3 is 24.3 Å². The molecule has 1 fully saturated rings. The fraction of sp³-hybridized carbons (Fsp3) is 0.500. The zero-order chi connectivity index (χ0) is 31.5. The summed E-state index contributed by atoms with van der Waals surface area (Å²) < 4.78 is 11.2. The SMILES string of the molecule is CCOc1ccc(C(=S)N(Cc2cc3cc(C)c(CN(CC)CC)c(C)c3[nH]c2=O)C2CN(C(=O)OC(C)(C)C)C2)cc1. The van der Waals surface area contributed by atoms with Crippen molar-refractivity contribution in [3.63, 3.8) is 0 Å². The van der Waals surface area contributed by atoms with E-state index in [-0.39, 0.29) is 17.7 Å². The molecular formula is C34H46N4O4S. The van der Waals surface area contributed by atoms with Crippen LogP contribution in [-0.2, 0) is 17.8 Å². The molecule has 1 saturated heterocycles. The van der Waals surface area contributed by atoms with Crippen molar-refractivity contribution in [2.75, 3.05) is 32.8 Å². The first-order valence-electron chi connectivity index (χ1n) is 15.2. The molecular weight excluding hydrogens is 560 g/mol. The number of hydrogen-bond donors (Lipinski definition) is 1. The van der Waals surface area contributed by atoms with E-state index in [0.29, 0.717) is 36.8 Å². The molecule has 0 atom stereocenters. The van der Waals surface area contributed by atoms with Gasteiger partial charge in [0.1, 0.15) is 16.3 Å². The molecule has 1 aromatic heterocycles. The standard InChI is InChI=1S/C34H46N4O4S/c1-9-36(10-2)21-29-22(4)16-25-17-26(31(39)35-30(25)23(29)5)18-38(27-19-37(20-27)33(40)42-34(6,7)8)32(43)24-12-14-28(15-13-24)41-11-3/h12-17,27H,9-11,18-21H2,1-8H3,(H,35,39). The van der Waals surface area contributed by atoms with E-state index < -0.39 is 5.60 Å². The van der Waals surface area contributed by atoms with E-state index in [0.717, 1.165) is 47.4 Å². The van der Waals surface area contributed by atoms with Crippen molar-refractivity contribution in [2.45, 2.75) is 80.1 Å². The van der Waals surface area contributed by atoms with Crippen molar-refractivity contribution < 1.29 is 14.3 Å². The highest BCUT2D eigenvalue weighted by atomic mass is 32.1. The van der Waals surface area contributed by atoms with Crippen LogP contribution in [0.3, 0.4) is 0 Å². The molecule has 1 N–H and O–H groups in total. The van der Waals surface area contributed by atoms with Crippen LogP contribution in [0.1, 0.15) is 69.4 Å². The third-order valence-corrected chi connectivity index (χ3v) is 8.54. The number of amides is 1. The third-order valence-electron chi connectivity index (χ3n) is 8.07. The lowest BCUT2D eigenvalue weighted by atomic mass is 9.97. The van der Waals surface area contributed by atoms with E-state index in [1.165, 1.54) is 11.1 Å². The number of pyridine rings is 1. The lowest BCUT2D eigenvalue weighted by Crippen LogP contribution is -2.62. The van der Waals surface area contributed by atoms with Gasteiger partial charge in [0, 0.05) is 37.3 Å². The molecule has 2 aromatic carbocycles. The van der Waals surface area contributed by atoms with Crippen LogP contribution in [0.2, 0.25) is 0 Å². The Morgan fingerprint density at radius 2 is 1.70 bits per heavy atom. The molecule has 1 aliphatic heterocycles. The summed E-state index contributed by atoms with van der Waals surface area (Å²) in [6, 6.07) is 11.8. The zero-order valence-corrected chi connectivity index (χ0v) is 27.7. The lowest BCUT2D eigenvalue weighted by Gasteiger charge is -2.46. The van der Waals surface area contributed by atoms with E-state index in [1.807, 2.05) is 58.0 Å². The molecule has 2 heterocycles. The average Bonchev–Trinajstić information content (AvgIpc) is 2.92. The van der Waals surface area contributed by atoms with Gasteiger partial charge in [0.05, 0.1) is 18.2 Å². The second kappa shape index (κ2) is 13.5. The number of H-pyrrole nitrogens is 1. The fourth-order valence-corrected chi connectivity index (χ4v) is 5.87. The number of aromatic amines is 1. The first-order valence-corrected chi connectivity index (χ1v) is 15.6. The van der Waals surface area contributed by atoms with Gasteiger partial charge in [0.25, 0.3) is 5.56 Å². The van der Waals surface area contributed by atoms with E-state index in [9.17, 15) is 9.59 Å². The van der Waals surface area contributed by atoms with Crippen molar-refractivity contribution >= 4 is 34.2 Å². The molecule has 9 heteroatoms. The maximum absolute atomic E-state index is 13.5. The number of rotatable bonds is 10. The predicted octanol–water partition coefficient (Wildman–Crippen LogP) is 6.18. The van der Waals surface area contributed by atoms with Gasteiger partial charge >= 0.3 is 6.09 Å². The monoisotopic (exact) mass is 606 g/mol. The first kappa shape index (κ1) is 32.5. The van der Waals surface area contributed by atoms with E-state index in [2.05, 4.69) is 48.5 Å². The van der Waals surface area contributed by atoms with Crippen LogP contribution in [0.5, 0.6) is 5.75 Å². The number of nitrogens with one attached hydrogen (secondary N) is 1. The molecule has 3 aromatic rings. The Morgan fingerprint density at radius 3 is 2.28 bits per heavy atom. The van der Waals surface area contributed by atoms with Crippen LogP contribution in [0.25, 0.3) is 10.9 Å². The molecule has 0 unspecified atom stereocenters. The average molecular weight is 607 g/mol. The molecule has 43 heavy (non-hydrogen) atoms. The maximum atomic E-state index is 13.5. The van der Waals surface area contributed by atoms with Crippen molar-refractivity contribution in [2.24, 2.45) is 0 Å². The van der Waals surface area contributed by atoms with Gasteiger partial charge in [-0.1, -0.05) is 26.1 Å². The Bertz CT molecular complexity index is 1520. The summed E-state index contributed by atoms with van der Waals surface area (Å²) in [6.45, 7) is 20.7. The van der Waals surface area contributed by atoms with Gasteiger partial charge in [0.15, 0.2) is 0 Å². The van der Waals surface area contributed by atoms with Crippen molar-refractivity contribution in [1.29, 1.82) is 0 Å². The minimum absolute atomic E-state index is 0.0541. The van der Waals surface area contributed by atoms with Crippen LogP contribution in [0, 0.1) is 13.8 Å². The van der Waals surface area contributed by atoms with Crippen molar-refractivity contribution in [3.05, 3.63) is 74.6 Å². The highest BCUT2D eigenvalue weighted by Gasteiger charge is 2.38. The number of carbonyl (C=O) groups is 1. The number of ether oxygens (including phenoxy) is 2. The largest absolute Gasteiger partial charge is 0.494 e. The Morgan fingerprint density at radius 1 is 1.05 bits per heavy atom. The molecule has 0 radical (unpaired) electrons. The Balaban J connectivity index is 1.65. The first-order chi connectivity index (χ1) is 20.3. The number of benzene rings is 2. The number of likely N-dealkylation sites (tertiary alicyclic amines) is 1. The maximum Gasteiger partial charge on any atom is 0.410 e. The van der Waals surface area contributed by atoms with E-state index in [1.54, 1.807) is 4.90 Å². The summed E-state index contributed by atoms with van der Waals surface area (Å²) in [5.74, 6) is 0.775.